The summed E-state index contributed by atoms with van der Waals surface area (Å²) in [6.07, 6.45) is 2.34. The standard InChI is InChI=1S/C19H21N3O3/c1-24-17-8-5-14(11-18(17)25-2)16-9-10-21-22(19(16)23)12-13-3-6-15(20)7-4-13/h3-8,10-11,16H,9,12,20H2,1-2H3. The van der Waals surface area contributed by atoms with E-state index in [2.05, 4.69) is 5.10 Å². The van der Waals surface area contributed by atoms with E-state index in [1.165, 1.54) is 5.01 Å². The maximum atomic E-state index is 12.9. The lowest BCUT2D eigenvalue weighted by Crippen LogP contribution is -2.34. The van der Waals surface area contributed by atoms with Gasteiger partial charge in [0.1, 0.15) is 0 Å². The van der Waals surface area contributed by atoms with Crippen molar-refractivity contribution >= 4 is 17.8 Å². The summed E-state index contributed by atoms with van der Waals surface area (Å²) in [4.78, 5) is 12.9. The first-order chi connectivity index (χ1) is 12.1. The van der Waals surface area contributed by atoms with Crippen molar-refractivity contribution in [1.82, 2.24) is 5.01 Å². The second-order valence-corrected chi connectivity index (χ2v) is 5.84. The molecule has 0 radical (unpaired) electrons. The van der Waals surface area contributed by atoms with E-state index in [9.17, 15) is 4.79 Å². The number of nitrogens with zero attached hydrogens (tertiary/aromatic N) is 2. The van der Waals surface area contributed by atoms with Crippen LogP contribution < -0.4 is 15.2 Å². The van der Waals surface area contributed by atoms with Gasteiger partial charge in [-0.2, -0.15) is 5.10 Å². The lowest BCUT2D eigenvalue weighted by atomic mass is 9.93. The minimum Gasteiger partial charge on any atom is -0.493 e. The van der Waals surface area contributed by atoms with E-state index in [4.69, 9.17) is 15.2 Å². The molecule has 0 bridgehead atoms. The fourth-order valence-electron chi connectivity index (χ4n) is 2.85. The summed E-state index contributed by atoms with van der Waals surface area (Å²) >= 11 is 0. The number of amides is 1. The van der Waals surface area contributed by atoms with Gasteiger partial charge >= 0.3 is 0 Å². The van der Waals surface area contributed by atoms with Crippen LogP contribution in [-0.2, 0) is 11.3 Å². The monoisotopic (exact) mass is 339 g/mol. The summed E-state index contributed by atoms with van der Waals surface area (Å²) in [5.74, 6) is 0.930. The molecule has 1 amide bonds. The lowest BCUT2D eigenvalue weighted by molar-refractivity contribution is -0.134. The molecule has 6 nitrogen and oxygen atoms in total. The van der Waals surface area contributed by atoms with Gasteiger partial charge in [0.05, 0.1) is 26.7 Å². The van der Waals surface area contributed by atoms with Crippen LogP contribution in [-0.4, -0.2) is 31.4 Å². The third-order valence-corrected chi connectivity index (χ3v) is 4.24. The number of hydrogen-bond donors (Lipinski definition) is 1. The Hall–Kier alpha value is -3.02. The topological polar surface area (TPSA) is 77.1 Å². The van der Waals surface area contributed by atoms with E-state index in [0.29, 0.717) is 30.2 Å². The Morgan fingerprint density at radius 3 is 2.52 bits per heavy atom. The van der Waals surface area contributed by atoms with Crippen LogP contribution in [0.15, 0.2) is 47.6 Å². The number of carbonyl (C=O) groups excluding carboxylic acids is 1. The van der Waals surface area contributed by atoms with Crippen LogP contribution in [0.1, 0.15) is 23.5 Å². The molecule has 130 valence electrons. The number of nitrogen functional groups attached to an aromatic ring is 1. The molecule has 1 aliphatic rings. The maximum absolute atomic E-state index is 12.9. The highest BCUT2D eigenvalue weighted by atomic mass is 16.5. The molecule has 2 aromatic rings. The number of anilines is 1. The van der Waals surface area contributed by atoms with Crippen LogP contribution >= 0.6 is 0 Å². The van der Waals surface area contributed by atoms with Crippen LogP contribution in [0, 0.1) is 0 Å². The van der Waals surface area contributed by atoms with Crippen molar-refractivity contribution in [1.29, 1.82) is 0 Å². The lowest BCUT2D eigenvalue weighted by Gasteiger charge is -2.27. The SMILES string of the molecule is COc1ccc(C2CC=NN(Cc3ccc(N)cc3)C2=O)cc1OC. The van der Waals surface area contributed by atoms with Gasteiger partial charge in [-0.1, -0.05) is 18.2 Å². The minimum absolute atomic E-state index is 0.0356. The van der Waals surface area contributed by atoms with Crippen molar-refractivity contribution in [3.05, 3.63) is 53.6 Å². The Morgan fingerprint density at radius 1 is 1.12 bits per heavy atom. The first-order valence-electron chi connectivity index (χ1n) is 8.02. The normalized spacial score (nSPS) is 16.8. The summed E-state index contributed by atoms with van der Waals surface area (Å²) in [6, 6.07) is 13.0. The summed E-state index contributed by atoms with van der Waals surface area (Å²) < 4.78 is 10.6. The van der Waals surface area contributed by atoms with Gasteiger partial charge in [0.25, 0.3) is 5.91 Å². The number of ether oxygens (including phenoxy) is 2. The zero-order chi connectivity index (χ0) is 17.8. The fraction of sp³-hybridized carbons (Fsp3) is 0.263. The van der Waals surface area contributed by atoms with Crippen LogP contribution in [0.25, 0.3) is 0 Å². The van der Waals surface area contributed by atoms with Crippen molar-refractivity contribution in [3.63, 3.8) is 0 Å². The summed E-state index contributed by atoms with van der Waals surface area (Å²) in [7, 11) is 3.17. The molecule has 6 heteroatoms. The smallest absolute Gasteiger partial charge is 0.250 e. The molecule has 0 aliphatic carbocycles. The van der Waals surface area contributed by atoms with Gasteiger partial charge in [-0.05, 0) is 35.4 Å². The maximum Gasteiger partial charge on any atom is 0.250 e. The molecule has 1 aliphatic heterocycles. The molecular formula is C19H21N3O3. The minimum atomic E-state index is -0.286. The Morgan fingerprint density at radius 2 is 1.84 bits per heavy atom. The molecule has 0 aromatic heterocycles. The van der Waals surface area contributed by atoms with Gasteiger partial charge in [0.2, 0.25) is 0 Å². The number of nitrogens with two attached hydrogens (primary N) is 1. The van der Waals surface area contributed by atoms with E-state index in [-0.39, 0.29) is 11.8 Å². The Labute approximate surface area is 146 Å². The van der Waals surface area contributed by atoms with E-state index in [1.54, 1.807) is 20.4 Å². The number of hydrazone groups is 1. The second kappa shape index (κ2) is 7.25. The van der Waals surface area contributed by atoms with Crippen molar-refractivity contribution < 1.29 is 14.3 Å². The summed E-state index contributed by atoms with van der Waals surface area (Å²) in [5, 5.41) is 5.75. The van der Waals surface area contributed by atoms with E-state index in [1.807, 2.05) is 42.5 Å². The Kier molecular flexibility index (Phi) is 4.88. The molecular weight excluding hydrogens is 318 g/mol. The predicted octanol–water partition coefficient (Wildman–Crippen LogP) is 2.79. The highest BCUT2D eigenvalue weighted by molar-refractivity contribution is 5.89. The molecule has 0 saturated heterocycles. The molecule has 0 fully saturated rings. The molecule has 1 heterocycles. The molecule has 1 atom stereocenters. The van der Waals surface area contributed by atoms with Crippen LogP contribution in [0.2, 0.25) is 0 Å². The highest BCUT2D eigenvalue weighted by Gasteiger charge is 2.29. The average Bonchev–Trinajstić information content (AvgIpc) is 2.64. The number of carbonyl (C=O) groups is 1. The first kappa shape index (κ1) is 16.8. The quantitative estimate of drug-likeness (QED) is 0.850. The average molecular weight is 339 g/mol. The number of rotatable bonds is 5. The zero-order valence-electron chi connectivity index (χ0n) is 14.3. The van der Waals surface area contributed by atoms with Gasteiger partial charge < -0.3 is 15.2 Å². The molecule has 25 heavy (non-hydrogen) atoms. The third-order valence-electron chi connectivity index (χ3n) is 4.24. The molecule has 2 aromatic carbocycles. The van der Waals surface area contributed by atoms with Crippen molar-refractivity contribution in [2.75, 3.05) is 20.0 Å². The van der Waals surface area contributed by atoms with Crippen molar-refractivity contribution in [2.45, 2.75) is 18.9 Å². The zero-order valence-corrected chi connectivity index (χ0v) is 14.3. The summed E-state index contributed by atoms with van der Waals surface area (Å²) in [5.41, 5.74) is 8.26. The molecule has 0 saturated carbocycles. The number of methoxy groups -OCH3 is 2. The van der Waals surface area contributed by atoms with Crippen LogP contribution in [0.5, 0.6) is 11.5 Å². The highest BCUT2D eigenvalue weighted by Crippen LogP contribution is 2.33. The van der Waals surface area contributed by atoms with Gasteiger partial charge in [-0.3, -0.25) is 4.79 Å². The van der Waals surface area contributed by atoms with E-state index >= 15 is 0 Å². The van der Waals surface area contributed by atoms with Gasteiger partial charge in [-0.15, -0.1) is 0 Å². The third kappa shape index (κ3) is 3.57. The van der Waals surface area contributed by atoms with E-state index in [0.717, 1.165) is 11.1 Å². The van der Waals surface area contributed by atoms with Gasteiger partial charge in [-0.25, -0.2) is 5.01 Å². The van der Waals surface area contributed by atoms with Crippen LogP contribution in [0.3, 0.4) is 0 Å². The Balaban J connectivity index is 1.81. The second-order valence-electron chi connectivity index (χ2n) is 5.84. The van der Waals surface area contributed by atoms with Gasteiger partial charge in [0, 0.05) is 18.3 Å². The predicted molar refractivity (Wildman–Crippen MR) is 96.8 cm³/mol. The molecule has 3 rings (SSSR count). The number of benzene rings is 2. The largest absolute Gasteiger partial charge is 0.493 e. The first-order valence-corrected chi connectivity index (χ1v) is 8.02. The molecule has 0 spiro atoms. The van der Waals surface area contributed by atoms with Crippen LogP contribution in [0.4, 0.5) is 5.69 Å². The Bertz CT molecular complexity index is 787. The van der Waals surface area contributed by atoms with E-state index < -0.39 is 0 Å². The van der Waals surface area contributed by atoms with Crippen molar-refractivity contribution in [3.8, 4) is 11.5 Å². The van der Waals surface area contributed by atoms with Crippen molar-refractivity contribution in [2.24, 2.45) is 5.10 Å². The molecule has 1 unspecified atom stereocenters. The summed E-state index contributed by atoms with van der Waals surface area (Å²) in [6.45, 7) is 0.416. The number of hydrogen-bond acceptors (Lipinski definition) is 5. The fourth-order valence-corrected chi connectivity index (χ4v) is 2.85. The van der Waals surface area contributed by atoms with Gasteiger partial charge in [0.15, 0.2) is 11.5 Å². The molecule has 2 N–H and O–H groups in total.